The van der Waals surface area contributed by atoms with Crippen LogP contribution >= 0.6 is 45.3 Å². The summed E-state index contributed by atoms with van der Waals surface area (Å²) in [6, 6.07) is 14.4. The third-order valence-electron chi connectivity index (χ3n) is 4.41. The van der Waals surface area contributed by atoms with Crippen LogP contribution in [0.4, 0.5) is 10.3 Å². The molecule has 5 aromatic rings. The largest absolute Gasteiger partial charge is 0.298 e. The van der Waals surface area contributed by atoms with E-state index in [-0.39, 0.29) is 11.8 Å². The highest BCUT2D eigenvalue weighted by atomic mass is 32.1. The Labute approximate surface area is 199 Å². The van der Waals surface area contributed by atoms with Gasteiger partial charge in [0, 0.05) is 21.9 Å². The van der Waals surface area contributed by atoms with Crippen molar-refractivity contribution < 1.29 is 9.59 Å². The maximum absolute atomic E-state index is 12.5. The van der Waals surface area contributed by atoms with E-state index in [1.54, 1.807) is 46.9 Å². The van der Waals surface area contributed by atoms with Gasteiger partial charge >= 0.3 is 0 Å². The predicted octanol–water partition coefficient (Wildman–Crippen LogP) is 6.56. The number of hydrogen-bond acceptors (Lipinski definition) is 8. The fraction of sp³-hybridized carbons (Fsp3) is 0. The van der Waals surface area contributed by atoms with Gasteiger partial charge < -0.3 is 0 Å². The van der Waals surface area contributed by atoms with E-state index in [0.717, 1.165) is 21.1 Å². The molecule has 0 spiro atoms. The number of rotatable bonds is 6. The zero-order valence-electron chi connectivity index (χ0n) is 16.3. The van der Waals surface area contributed by atoms with Gasteiger partial charge in [-0.1, -0.05) is 12.1 Å². The van der Waals surface area contributed by atoms with Crippen molar-refractivity contribution in [1.82, 2.24) is 9.97 Å². The van der Waals surface area contributed by atoms with Crippen LogP contribution in [0.25, 0.3) is 21.1 Å². The van der Waals surface area contributed by atoms with Gasteiger partial charge in [-0.15, -0.1) is 45.3 Å². The Morgan fingerprint density at radius 1 is 0.625 bits per heavy atom. The summed E-state index contributed by atoms with van der Waals surface area (Å²) in [4.78, 5) is 36.1. The van der Waals surface area contributed by atoms with E-state index in [2.05, 4.69) is 20.6 Å². The van der Waals surface area contributed by atoms with E-state index in [4.69, 9.17) is 0 Å². The zero-order chi connectivity index (χ0) is 21.9. The summed E-state index contributed by atoms with van der Waals surface area (Å²) >= 11 is 5.95. The van der Waals surface area contributed by atoms with Crippen LogP contribution in [0.2, 0.25) is 0 Å². The second-order valence-electron chi connectivity index (χ2n) is 6.52. The highest BCUT2D eigenvalue weighted by molar-refractivity contribution is 7.16. The average Bonchev–Trinajstić information content (AvgIpc) is 3.61. The van der Waals surface area contributed by atoms with Crippen LogP contribution in [0.5, 0.6) is 0 Å². The Morgan fingerprint density at radius 2 is 1.06 bits per heavy atom. The van der Waals surface area contributed by atoms with Crippen molar-refractivity contribution in [1.29, 1.82) is 0 Å². The number of hydrogen-bond donors (Lipinski definition) is 2. The minimum absolute atomic E-state index is 0.274. The average molecular weight is 495 g/mol. The fourth-order valence-corrected chi connectivity index (χ4v) is 5.78. The van der Waals surface area contributed by atoms with Gasteiger partial charge in [0.1, 0.15) is 0 Å². The van der Waals surface area contributed by atoms with E-state index in [1.807, 2.05) is 45.8 Å². The quantitative estimate of drug-likeness (QED) is 0.280. The second kappa shape index (κ2) is 9.13. The Hall–Kier alpha value is -3.18. The monoisotopic (exact) mass is 494 g/mol. The first-order valence-electron chi connectivity index (χ1n) is 9.37. The van der Waals surface area contributed by atoms with Crippen molar-refractivity contribution in [3.8, 4) is 21.1 Å². The molecule has 32 heavy (non-hydrogen) atoms. The molecule has 1 aromatic carbocycles. The van der Waals surface area contributed by atoms with Gasteiger partial charge in [-0.25, -0.2) is 9.97 Å². The predicted molar refractivity (Wildman–Crippen MR) is 133 cm³/mol. The van der Waals surface area contributed by atoms with Crippen molar-refractivity contribution in [3.63, 3.8) is 0 Å². The number of aromatic nitrogens is 2. The third-order valence-corrected chi connectivity index (χ3v) is 7.71. The number of nitrogens with zero attached hydrogens (tertiary/aromatic N) is 2. The molecule has 0 unspecified atom stereocenters. The number of nitrogens with one attached hydrogen (secondary N) is 2. The molecule has 0 aliphatic rings. The van der Waals surface area contributed by atoms with Crippen LogP contribution in [-0.2, 0) is 0 Å². The molecule has 0 aliphatic carbocycles. The summed E-state index contributed by atoms with van der Waals surface area (Å²) in [5.41, 5.74) is 2.58. The molecule has 0 atom stereocenters. The molecule has 6 nitrogen and oxygen atoms in total. The van der Waals surface area contributed by atoms with Crippen molar-refractivity contribution in [3.05, 3.63) is 81.2 Å². The first kappa shape index (κ1) is 20.7. The first-order valence-corrected chi connectivity index (χ1v) is 12.9. The molecule has 0 aliphatic heterocycles. The summed E-state index contributed by atoms with van der Waals surface area (Å²) in [5.74, 6) is -0.547. The number of benzene rings is 1. The second-order valence-corrected chi connectivity index (χ2v) is 10.1. The van der Waals surface area contributed by atoms with Gasteiger partial charge in [-0.2, -0.15) is 0 Å². The minimum Gasteiger partial charge on any atom is -0.298 e. The molecule has 0 fully saturated rings. The van der Waals surface area contributed by atoms with Gasteiger partial charge in [0.15, 0.2) is 10.3 Å². The lowest BCUT2D eigenvalue weighted by molar-refractivity contribution is 0.101. The maximum atomic E-state index is 12.5. The summed E-state index contributed by atoms with van der Waals surface area (Å²) < 4.78 is 0. The molecule has 5 rings (SSSR count). The van der Waals surface area contributed by atoms with Gasteiger partial charge in [0.2, 0.25) is 0 Å². The summed E-state index contributed by atoms with van der Waals surface area (Å²) in [5, 5.41) is 14.5. The van der Waals surface area contributed by atoms with E-state index >= 15 is 0 Å². The van der Waals surface area contributed by atoms with Gasteiger partial charge in [0.25, 0.3) is 11.8 Å². The lowest BCUT2D eigenvalue weighted by Gasteiger charge is -2.04. The van der Waals surface area contributed by atoms with Crippen LogP contribution in [0.1, 0.15) is 20.7 Å². The minimum atomic E-state index is -0.274. The Morgan fingerprint density at radius 3 is 1.44 bits per heavy atom. The van der Waals surface area contributed by atoms with E-state index in [9.17, 15) is 9.59 Å². The lowest BCUT2D eigenvalue weighted by Crippen LogP contribution is -2.14. The molecule has 0 saturated heterocycles. The van der Waals surface area contributed by atoms with Crippen LogP contribution in [-0.4, -0.2) is 21.8 Å². The molecule has 2 amide bonds. The first-order chi connectivity index (χ1) is 15.7. The molecule has 0 saturated carbocycles. The number of carbonyl (C=O) groups excluding carboxylic acids is 2. The van der Waals surface area contributed by atoms with Crippen LogP contribution in [0.3, 0.4) is 0 Å². The molecular weight excluding hydrogens is 481 g/mol. The zero-order valence-corrected chi connectivity index (χ0v) is 19.5. The standard InChI is InChI=1S/C22H14N4O2S4/c27-19(25-21-23-15(11-31-21)17-3-1-9-29-17)13-5-7-14(8-6-13)20(28)26-22-24-16(12-32-22)18-4-2-10-30-18/h1-12H,(H,23,25,27)(H,24,26,28). The van der Waals surface area contributed by atoms with E-state index in [0.29, 0.717) is 21.4 Å². The normalized spacial score (nSPS) is 10.8. The Bertz CT molecular complexity index is 1250. The van der Waals surface area contributed by atoms with Crippen molar-refractivity contribution in [2.75, 3.05) is 10.6 Å². The van der Waals surface area contributed by atoms with Crippen LogP contribution in [0.15, 0.2) is 70.1 Å². The van der Waals surface area contributed by atoms with Gasteiger partial charge in [-0.3, -0.25) is 20.2 Å². The molecule has 0 bridgehead atoms. The molecule has 0 radical (unpaired) electrons. The molecule has 2 N–H and O–H groups in total. The van der Waals surface area contributed by atoms with Gasteiger partial charge in [-0.05, 0) is 47.2 Å². The Kier molecular flexibility index (Phi) is 5.91. The van der Waals surface area contributed by atoms with Crippen molar-refractivity contribution in [2.45, 2.75) is 0 Å². The number of carbonyl (C=O) groups is 2. The molecule has 4 heterocycles. The molecule has 10 heteroatoms. The maximum Gasteiger partial charge on any atom is 0.257 e. The molecule has 158 valence electrons. The number of anilines is 2. The SMILES string of the molecule is O=C(Nc1nc(-c2cccs2)cs1)c1ccc(C(=O)Nc2nc(-c3cccs3)cs2)cc1. The summed E-state index contributed by atoms with van der Waals surface area (Å²) in [7, 11) is 0. The Balaban J connectivity index is 1.22. The summed E-state index contributed by atoms with van der Waals surface area (Å²) in [6.07, 6.45) is 0. The number of amides is 2. The highest BCUT2D eigenvalue weighted by Crippen LogP contribution is 2.29. The number of thiophene rings is 2. The lowest BCUT2D eigenvalue weighted by atomic mass is 10.1. The smallest absolute Gasteiger partial charge is 0.257 e. The summed E-state index contributed by atoms with van der Waals surface area (Å²) in [6.45, 7) is 0. The topological polar surface area (TPSA) is 84.0 Å². The number of thiazole rings is 2. The molecular formula is C22H14N4O2S4. The highest BCUT2D eigenvalue weighted by Gasteiger charge is 2.13. The van der Waals surface area contributed by atoms with Gasteiger partial charge in [0.05, 0.1) is 21.1 Å². The van der Waals surface area contributed by atoms with E-state index in [1.165, 1.54) is 22.7 Å². The van der Waals surface area contributed by atoms with Crippen LogP contribution in [0, 0.1) is 0 Å². The molecule has 4 aromatic heterocycles. The third kappa shape index (κ3) is 4.53. The van der Waals surface area contributed by atoms with Crippen LogP contribution < -0.4 is 10.6 Å². The van der Waals surface area contributed by atoms with Crippen molar-refractivity contribution in [2.24, 2.45) is 0 Å². The van der Waals surface area contributed by atoms with Crippen molar-refractivity contribution >= 4 is 67.4 Å². The van der Waals surface area contributed by atoms with E-state index < -0.39 is 0 Å². The fourth-order valence-electron chi connectivity index (χ4n) is 2.85.